The van der Waals surface area contributed by atoms with E-state index >= 15 is 0 Å². The Morgan fingerprint density at radius 2 is 1.84 bits per heavy atom. The summed E-state index contributed by atoms with van der Waals surface area (Å²) in [6, 6.07) is 0.388. The van der Waals surface area contributed by atoms with Crippen LogP contribution in [0.15, 0.2) is 29.0 Å². The maximum absolute atomic E-state index is 13.6. The summed E-state index contributed by atoms with van der Waals surface area (Å²) in [4.78, 5) is 27.6. The number of amides is 2. The SMILES string of the molecule is CN(CC1CCC(C(=O)NCCNC(=O)C2CN(C3=CCCC=C3)N=C2C(F)(F)F)CC1)C1CC[S+]([O-])C1. The first-order chi connectivity index (χ1) is 18.1. The third-order valence-electron chi connectivity index (χ3n) is 7.96. The lowest BCUT2D eigenvalue weighted by Gasteiger charge is -2.32. The van der Waals surface area contributed by atoms with Gasteiger partial charge in [-0.1, -0.05) is 23.3 Å². The fourth-order valence-electron chi connectivity index (χ4n) is 5.71. The van der Waals surface area contributed by atoms with Crippen LogP contribution in [0.25, 0.3) is 0 Å². The molecule has 1 saturated heterocycles. The Balaban J connectivity index is 1.16. The van der Waals surface area contributed by atoms with Gasteiger partial charge in [0.05, 0.1) is 18.3 Å². The Morgan fingerprint density at radius 3 is 2.45 bits per heavy atom. The molecule has 2 aliphatic carbocycles. The minimum Gasteiger partial charge on any atom is -0.616 e. The molecule has 2 amide bonds. The van der Waals surface area contributed by atoms with E-state index in [-0.39, 0.29) is 31.5 Å². The van der Waals surface area contributed by atoms with Gasteiger partial charge in [-0.3, -0.25) is 19.5 Å². The van der Waals surface area contributed by atoms with E-state index in [2.05, 4.69) is 27.7 Å². The summed E-state index contributed by atoms with van der Waals surface area (Å²) >= 11 is -0.692. The molecule has 2 aliphatic heterocycles. The topological polar surface area (TPSA) is 100 Å². The minimum atomic E-state index is -4.70. The summed E-state index contributed by atoms with van der Waals surface area (Å²) in [5.74, 6) is -0.257. The number of hydrazone groups is 1. The molecule has 38 heavy (non-hydrogen) atoms. The Labute approximate surface area is 225 Å². The quantitative estimate of drug-likeness (QED) is 0.335. The van der Waals surface area contributed by atoms with Crippen LogP contribution in [-0.4, -0.2) is 88.9 Å². The lowest BCUT2D eigenvalue weighted by Crippen LogP contribution is -2.44. The van der Waals surface area contributed by atoms with Crippen molar-refractivity contribution in [2.75, 3.05) is 44.7 Å². The molecule has 3 atom stereocenters. The number of nitrogens with one attached hydrogen (secondary N) is 2. The second-order valence-electron chi connectivity index (χ2n) is 10.7. The van der Waals surface area contributed by atoms with Crippen molar-refractivity contribution in [3.8, 4) is 0 Å². The van der Waals surface area contributed by atoms with Crippen LogP contribution in [0.2, 0.25) is 0 Å². The standard InChI is InChI=1S/C26H38F3N5O3S/c1-33(21-11-14-38(37)17-21)15-18-7-9-19(10-8-18)24(35)30-12-13-31-25(36)22-16-34(20-5-3-2-4-6-20)32-23(22)26(27,28)29/h3,5-6,18-19,21-22H,2,4,7-17H2,1H3,(H,30,35)(H,31,36). The molecule has 4 aliphatic rings. The van der Waals surface area contributed by atoms with Gasteiger partial charge in [0.1, 0.15) is 17.4 Å². The molecule has 4 rings (SSSR count). The highest BCUT2D eigenvalue weighted by molar-refractivity contribution is 7.91. The maximum Gasteiger partial charge on any atom is 0.432 e. The van der Waals surface area contributed by atoms with E-state index in [9.17, 15) is 27.3 Å². The van der Waals surface area contributed by atoms with E-state index in [1.165, 1.54) is 5.01 Å². The zero-order valence-electron chi connectivity index (χ0n) is 21.8. The number of carbonyl (C=O) groups excluding carboxylic acids is 2. The summed E-state index contributed by atoms with van der Waals surface area (Å²) < 4.78 is 52.3. The van der Waals surface area contributed by atoms with Gasteiger partial charge in [-0.05, 0) is 57.6 Å². The molecule has 2 fully saturated rings. The van der Waals surface area contributed by atoms with E-state index in [0.29, 0.717) is 17.7 Å². The maximum atomic E-state index is 13.6. The second-order valence-corrected chi connectivity index (χ2v) is 12.3. The molecule has 1 saturated carbocycles. The first-order valence-corrected chi connectivity index (χ1v) is 15.0. The van der Waals surface area contributed by atoms with Crippen molar-refractivity contribution < 1.29 is 27.3 Å². The number of hydrogen-bond acceptors (Lipinski definition) is 6. The molecule has 8 nitrogen and oxygen atoms in total. The zero-order chi connectivity index (χ0) is 27.3. The lowest BCUT2D eigenvalue weighted by molar-refractivity contribution is -0.127. The molecule has 0 spiro atoms. The van der Waals surface area contributed by atoms with Crippen LogP contribution in [0.4, 0.5) is 13.2 Å². The Kier molecular flexibility index (Phi) is 9.80. The van der Waals surface area contributed by atoms with Crippen LogP contribution in [0.1, 0.15) is 44.9 Å². The molecule has 0 aromatic heterocycles. The van der Waals surface area contributed by atoms with Crippen LogP contribution >= 0.6 is 0 Å². The van der Waals surface area contributed by atoms with Gasteiger partial charge in [0.25, 0.3) is 0 Å². The summed E-state index contributed by atoms with van der Waals surface area (Å²) in [5.41, 5.74) is -0.528. The van der Waals surface area contributed by atoms with E-state index in [1.807, 2.05) is 12.2 Å². The Morgan fingerprint density at radius 1 is 1.13 bits per heavy atom. The zero-order valence-corrected chi connectivity index (χ0v) is 22.7. The van der Waals surface area contributed by atoms with Crippen molar-refractivity contribution in [2.45, 2.75) is 57.2 Å². The van der Waals surface area contributed by atoms with Crippen LogP contribution in [0.3, 0.4) is 0 Å². The number of rotatable bonds is 9. The summed E-state index contributed by atoms with van der Waals surface area (Å²) in [6.45, 7) is 1.00. The third kappa shape index (κ3) is 7.53. The molecule has 3 unspecified atom stereocenters. The summed E-state index contributed by atoms with van der Waals surface area (Å²) in [6.07, 6.45) is 6.74. The average Bonchev–Trinajstić information content (AvgIpc) is 3.54. The smallest absolute Gasteiger partial charge is 0.432 e. The highest BCUT2D eigenvalue weighted by Gasteiger charge is 2.48. The molecule has 2 N–H and O–H groups in total. The molecule has 0 bridgehead atoms. The van der Waals surface area contributed by atoms with E-state index in [1.54, 1.807) is 6.08 Å². The highest BCUT2D eigenvalue weighted by atomic mass is 32.2. The van der Waals surface area contributed by atoms with Gasteiger partial charge < -0.3 is 15.2 Å². The van der Waals surface area contributed by atoms with Gasteiger partial charge in [0.15, 0.2) is 5.71 Å². The first kappa shape index (κ1) is 28.9. The summed E-state index contributed by atoms with van der Waals surface area (Å²) in [5, 5.41) is 10.3. The molecule has 12 heteroatoms. The molecule has 0 radical (unpaired) electrons. The monoisotopic (exact) mass is 557 g/mol. The molecule has 0 aromatic rings. The van der Waals surface area contributed by atoms with Crippen LogP contribution in [-0.2, 0) is 20.8 Å². The molecular weight excluding hydrogens is 519 g/mol. The van der Waals surface area contributed by atoms with Gasteiger partial charge in [0, 0.05) is 32.0 Å². The number of allylic oxidation sites excluding steroid dienone is 3. The van der Waals surface area contributed by atoms with Crippen molar-refractivity contribution in [1.82, 2.24) is 20.5 Å². The van der Waals surface area contributed by atoms with Crippen molar-refractivity contribution in [2.24, 2.45) is 22.9 Å². The highest BCUT2D eigenvalue weighted by Crippen LogP contribution is 2.32. The largest absolute Gasteiger partial charge is 0.616 e. The molecule has 2 heterocycles. The van der Waals surface area contributed by atoms with Gasteiger partial charge in [-0.15, -0.1) is 0 Å². The molecule has 0 aromatic carbocycles. The van der Waals surface area contributed by atoms with Crippen molar-refractivity contribution in [1.29, 1.82) is 0 Å². The van der Waals surface area contributed by atoms with Crippen LogP contribution in [0.5, 0.6) is 0 Å². The van der Waals surface area contributed by atoms with Crippen molar-refractivity contribution >= 4 is 28.7 Å². The summed E-state index contributed by atoms with van der Waals surface area (Å²) in [7, 11) is 2.09. The van der Waals surface area contributed by atoms with Crippen LogP contribution in [0, 0.1) is 17.8 Å². The second kappa shape index (κ2) is 12.9. The number of halogens is 3. The predicted octanol–water partition coefficient (Wildman–Crippen LogP) is 2.56. The van der Waals surface area contributed by atoms with E-state index < -0.39 is 34.9 Å². The van der Waals surface area contributed by atoms with E-state index in [0.717, 1.165) is 63.0 Å². The predicted molar refractivity (Wildman–Crippen MR) is 141 cm³/mol. The molecular formula is C26H38F3N5O3S. The van der Waals surface area contributed by atoms with E-state index in [4.69, 9.17) is 0 Å². The van der Waals surface area contributed by atoms with Crippen molar-refractivity contribution in [3.63, 3.8) is 0 Å². The Bertz CT molecular complexity index is 949. The van der Waals surface area contributed by atoms with Crippen LogP contribution < -0.4 is 10.6 Å². The minimum absolute atomic E-state index is 0.0533. The number of hydrogen-bond donors (Lipinski definition) is 2. The lowest BCUT2D eigenvalue weighted by atomic mass is 9.81. The van der Waals surface area contributed by atoms with Crippen molar-refractivity contribution in [3.05, 3.63) is 23.9 Å². The Hall–Kier alpha value is -2.05. The normalized spacial score (nSPS) is 29.8. The number of nitrogens with zero attached hydrogens (tertiary/aromatic N) is 3. The number of carbonyl (C=O) groups is 2. The average molecular weight is 558 g/mol. The van der Waals surface area contributed by atoms with Gasteiger partial charge >= 0.3 is 6.18 Å². The number of alkyl halides is 3. The van der Waals surface area contributed by atoms with Gasteiger partial charge in [-0.2, -0.15) is 18.3 Å². The third-order valence-corrected chi connectivity index (χ3v) is 9.41. The van der Waals surface area contributed by atoms with Gasteiger partial charge in [-0.25, -0.2) is 0 Å². The first-order valence-electron chi connectivity index (χ1n) is 13.5. The fraction of sp³-hybridized carbons (Fsp3) is 0.731. The molecule has 212 valence electrons. The van der Waals surface area contributed by atoms with Gasteiger partial charge in [0.2, 0.25) is 11.8 Å². The fourth-order valence-corrected chi connectivity index (χ4v) is 7.27.